The fourth-order valence-corrected chi connectivity index (χ4v) is 5.92. The first-order valence-corrected chi connectivity index (χ1v) is 12.0. The molecule has 11 heteroatoms. The number of aromatic nitrogens is 5. The zero-order chi connectivity index (χ0) is 23.3. The van der Waals surface area contributed by atoms with Gasteiger partial charge in [-0.15, -0.1) is 11.3 Å². The fraction of sp³-hybridized carbons (Fsp3) is 0.261. The van der Waals surface area contributed by atoms with Crippen LogP contribution in [-0.4, -0.2) is 48.8 Å². The Morgan fingerprint density at radius 2 is 2.15 bits per heavy atom. The molecule has 1 saturated heterocycles. The van der Waals surface area contributed by atoms with Gasteiger partial charge in [0, 0.05) is 43.9 Å². The average Bonchev–Trinajstić information content (AvgIpc) is 3.60. The molecule has 0 radical (unpaired) electrons. The summed E-state index contributed by atoms with van der Waals surface area (Å²) < 4.78 is 7.50. The van der Waals surface area contributed by atoms with Crippen molar-refractivity contribution in [2.75, 3.05) is 18.5 Å². The summed E-state index contributed by atoms with van der Waals surface area (Å²) in [6, 6.07) is 11.2. The van der Waals surface area contributed by atoms with Crippen molar-refractivity contribution in [2.24, 2.45) is 7.05 Å². The van der Waals surface area contributed by atoms with E-state index >= 15 is 0 Å². The number of hydrogen-bond acceptors (Lipinski definition) is 8. The van der Waals surface area contributed by atoms with Crippen LogP contribution in [0.15, 0.2) is 48.8 Å². The second-order valence-electron chi connectivity index (χ2n) is 8.28. The van der Waals surface area contributed by atoms with Gasteiger partial charge in [0.25, 0.3) is 5.91 Å². The van der Waals surface area contributed by atoms with E-state index < -0.39 is 5.54 Å². The summed E-state index contributed by atoms with van der Waals surface area (Å²) in [6.07, 6.45) is 4.10. The molecule has 1 spiro atoms. The molecule has 5 heterocycles. The Kier molecular flexibility index (Phi) is 5.09. The Morgan fingerprint density at radius 3 is 2.91 bits per heavy atom. The topological polar surface area (TPSA) is 98.1 Å². The highest BCUT2D eigenvalue weighted by atomic mass is 35.5. The Labute approximate surface area is 204 Å². The molecule has 1 N–H and O–H groups in total. The lowest BCUT2D eigenvalue weighted by molar-refractivity contribution is 0.0464. The van der Waals surface area contributed by atoms with Crippen LogP contribution in [0.5, 0.6) is 0 Å². The van der Waals surface area contributed by atoms with Crippen LogP contribution in [0.4, 0.5) is 11.8 Å². The molecule has 172 valence electrons. The van der Waals surface area contributed by atoms with Crippen molar-refractivity contribution < 1.29 is 9.53 Å². The van der Waals surface area contributed by atoms with Crippen molar-refractivity contribution in [3.05, 3.63) is 69.9 Å². The van der Waals surface area contributed by atoms with Crippen LogP contribution < -0.4 is 5.32 Å². The molecule has 1 amide bonds. The highest BCUT2D eigenvalue weighted by Gasteiger charge is 2.54. The SMILES string of the molecule is Cn1nccc1Nc1nccc(-c2nc3c(s2)C2(CCOC2)N(Cc2cccc(Cl)c2)C3=O)n1. The van der Waals surface area contributed by atoms with Gasteiger partial charge in [-0.3, -0.25) is 9.48 Å². The molecule has 0 saturated carbocycles. The molecule has 1 fully saturated rings. The van der Waals surface area contributed by atoms with E-state index in [9.17, 15) is 4.79 Å². The lowest BCUT2D eigenvalue weighted by Gasteiger charge is -2.34. The molecule has 3 aromatic heterocycles. The molecule has 2 aliphatic rings. The van der Waals surface area contributed by atoms with Crippen LogP contribution in [0.2, 0.25) is 5.02 Å². The molecule has 1 aromatic carbocycles. The third-order valence-corrected chi connectivity index (χ3v) is 7.69. The van der Waals surface area contributed by atoms with E-state index in [1.165, 1.54) is 11.3 Å². The van der Waals surface area contributed by atoms with E-state index in [-0.39, 0.29) is 5.91 Å². The molecule has 0 aliphatic carbocycles. The first kappa shape index (κ1) is 21.2. The lowest BCUT2D eigenvalue weighted by atomic mass is 9.96. The zero-order valence-electron chi connectivity index (χ0n) is 18.2. The molecule has 0 bridgehead atoms. The number of fused-ring (bicyclic) bond motifs is 2. The summed E-state index contributed by atoms with van der Waals surface area (Å²) in [6.45, 7) is 1.50. The number of anilines is 2. The van der Waals surface area contributed by atoms with Gasteiger partial charge < -0.3 is 15.0 Å². The maximum atomic E-state index is 13.5. The normalized spacial score (nSPS) is 19.2. The van der Waals surface area contributed by atoms with Gasteiger partial charge in [-0.1, -0.05) is 23.7 Å². The summed E-state index contributed by atoms with van der Waals surface area (Å²) in [4.78, 5) is 30.0. The third kappa shape index (κ3) is 3.46. The van der Waals surface area contributed by atoms with E-state index in [0.717, 1.165) is 22.7 Å². The Bertz CT molecular complexity index is 1400. The summed E-state index contributed by atoms with van der Waals surface area (Å²) in [5.74, 6) is 1.11. The Morgan fingerprint density at radius 1 is 1.24 bits per heavy atom. The molecule has 6 rings (SSSR count). The molecule has 4 aromatic rings. The van der Waals surface area contributed by atoms with E-state index in [1.54, 1.807) is 23.1 Å². The minimum Gasteiger partial charge on any atom is -0.379 e. The highest BCUT2D eigenvalue weighted by molar-refractivity contribution is 7.15. The largest absolute Gasteiger partial charge is 0.379 e. The van der Waals surface area contributed by atoms with Crippen LogP contribution >= 0.6 is 22.9 Å². The Hall–Kier alpha value is -3.34. The van der Waals surface area contributed by atoms with Crippen LogP contribution in [0.1, 0.15) is 27.3 Å². The van der Waals surface area contributed by atoms with Crippen molar-refractivity contribution in [1.82, 2.24) is 29.6 Å². The summed E-state index contributed by atoms with van der Waals surface area (Å²) in [5.41, 5.74) is 1.59. The van der Waals surface area contributed by atoms with Crippen LogP contribution in [-0.2, 0) is 23.9 Å². The summed E-state index contributed by atoms with van der Waals surface area (Å²) >= 11 is 7.68. The van der Waals surface area contributed by atoms with Crippen molar-refractivity contribution in [1.29, 1.82) is 0 Å². The number of ether oxygens (including phenoxy) is 1. The number of carbonyl (C=O) groups excluding carboxylic acids is 1. The maximum Gasteiger partial charge on any atom is 0.274 e. The number of halogens is 1. The first-order chi connectivity index (χ1) is 16.5. The predicted molar refractivity (Wildman–Crippen MR) is 128 cm³/mol. The van der Waals surface area contributed by atoms with Crippen LogP contribution in [0.25, 0.3) is 10.7 Å². The quantitative estimate of drug-likeness (QED) is 0.448. The van der Waals surface area contributed by atoms with Gasteiger partial charge in [-0.05, 0) is 23.8 Å². The number of aryl methyl sites for hydroxylation is 1. The number of hydrogen-bond donors (Lipinski definition) is 1. The molecular formula is C23H20ClN7O2S. The number of nitrogens with zero attached hydrogens (tertiary/aromatic N) is 6. The van der Waals surface area contributed by atoms with Gasteiger partial charge in [-0.2, -0.15) is 5.10 Å². The Balaban J connectivity index is 1.34. The molecule has 34 heavy (non-hydrogen) atoms. The predicted octanol–water partition coefficient (Wildman–Crippen LogP) is 4.00. The standard InChI is InChI=1S/C23H20ClN7O2S/c1-30-17(6-9-26-30)28-22-25-8-5-16(27-22)20-29-18-19(34-20)23(7-10-33-13-23)31(21(18)32)12-14-3-2-4-15(24)11-14/h2-6,8-9,11H,7,10,12-13H2,1H3,(H,25,27,28). The van der Waals surface area contributed by atoms with Gasteiger partial charge in [-0.25, -0.2) is 15.0 Å². The third-order valence-electron chi connectivity index (χ3n) is 6.18. The van der Waals surface area contributed by atoms with E-state index in [0.29, 0.717) is 47.1 Å². The van der Waals surface area contributed by atoms with Gasteiger partial charge in [0.1, 0.15) is 27.8 Å². The fourth-order valence-electron chi connectivity index (χ4n) is 4.47. The first-order valence-electron chi connectivity index (χ1n) is 10.8. The molecule has 9 nitrogen and oxygen atoms in total. The number of benzene rings is 1. The van der Waals surface area contributed by atoms with Crippen LogP contribution in [0, 0.1) is 0 Å². The number of carbonyl (C=O) groups is 1. The van der Waals surface area contributed by atoms with Crippen molar-refractivity contribution in [3.63, 3.8) is 0 Å². The summed E-state index contributed by atoms with van der Waals surface area (Å²) in [7, 11) is 1.83. The van der Waals surface area contributed by atoms with Crippen molar-refractivity contribution >= 4 is 40.6 Å². The van der Waals surface area contributed by atoms with Gasteiger partial charge >= 0.3 is 0 Å². The minimum atomic E-state index is -0.520. The van der Waals surface area contributed by atoms with Crippen LogP contribution in [0.3, 0.4) is 0 Å². The van der Waals surface area contributed by atoms with E-state index in [2.05, 4.69) is 20.4 Å². The second kappa shape index (κ2) is 8.15. The molecule has 2 aliphatic heterocycles. The van der Waals surface area contributed by atoms with Crippen molar-refractivity contribution in [3.8, 4) is 10.7 Å². The average molecular weight is 494 g/mol. The minimum absolute atomic E-state index is 0.0923. The second-order valence-corrected chi connectivity index (χ2v) is 9.72. The smallest absolute Gasteiger partial charge is 0.274 e. The van der Waals surface area contributed by atoms with Gasteiger partial charge in [0.05, 0.1) is 17.7 Å². The summed E-state index contributed by atoms with van der Waals surface area (Å²) in [5, 5.41) is 8.63. The number of amides is 1. The zero-order valence-corrected chi connectivity index (χ0v) is 19.8. The van der Waals surface area contributed by atoms with Gasteiger partial charge in [0.15, 0.2) is 0 Å². The van der Waals surface area contributed by atoms with E-state index in [4.69, 9.17) is 21.3 Å². The number of thiazole rings is 1. The molecule has 1 atom stereocenters. The maximum absolute atomic E-state index is 13.5. The number of nitrogens with one attached hydrogen (secondary N) is 1. The van der Waals surface area contributed by atoms with Gasteiger partial charge in [0.2, 0.25) is 5.95 Å². The number of rotatable bonds is 5. The van der Waals surface area contributed by atoms with E-state index in [1.807, 2.05) is 42.3 Å². The lowest BCUT2D eigenvalue weighted by Crippen LogP contribution is -2.43. The molecule has 1 unspecified atom stereocenters. The highest BCUT2D eigenvalue weighted by Crippen LogP contribution is 2.49. The monoisotopic (exact) mass is 493 g/mol. The molecular weight excluding hydrogens is 474 g/mol. The van der Waals surface area contributed by atoms with Crippen molar-refractivity contribution in [2.45, 2.75) is 18.5 Å².